The van der Waals surface area contributed by atoms with Gasteiger partial charge in [-0.15, -0.1) is 21.5 Å². The van der Waals surface area contributed by atoms with Gasteiger partial charge in [0.25, 0.3) is 0 Å². The zero-order valence-corrected chi connectivity index (χ0v) is 21.3. The molecule has 7 nitrogen and oxygen atoms in total. The number of halogens is 1. The van der Waals surface area contributed by atoms with E-state index >= 15 is 0 Å². The van der Waals surface area contributed by atoms with Gasteiger partial charge >= 0.3 is 0 Å². The van der Waals surface area contributed by atoms with Crippen molar-refractivity contribution in [2.45, 2.75) is 31.7 Å². The van der Waals surface area contributed by atoms with Gasteiger partial charge in [0.2, 0.25) is 5.91 Å². The highest BCUT2D eigenvalue weighted by molar-refractivity contribution is 9.10. The minimum absolute atomic E-state index is 0.141. The summed E-state index contributed by atoms with van der Waals surface area (Å²) in [6.07, 6.45) is -0.268. The molecule has 0 saturated carbocycles. The van der Waals surface area contributed by atoms with Crippen LogP contribution in [0.2, 0.25) is 0 Å². The predicted molar refractivity (Wildman–Crippen MR) is 136 cm³/mol. The molecule has 0 aliphatic heterocycles. The van der Waals surface area contributed by atoms with Crippen LogP contribution in [0.25, 0.3) is 11.3 Å². The summed E-state index contributed by atoms with van der Waals surface area (Å²) < 4.78 is 8.97. The maximum Gasteiger partial charge on any atom is 0.236 e. The first-order valence-electron chi connectivity index (χ1n) is 10.3. The molecule has 4 rings (SSSR count). The van der Waals surface area contributed by atoms with Crippen LogP contribution in [0, 0.1) is 0 Å². The van der Waals surface area contributed by atoms with Gasteiger partial charge in [-0.05, 0) is 38.1 Å². The molecule has 0 radical (unpaired) electrons. The molecular formula is C23H22BrN5O2S2. The van der Waals surface area contributed by atoms with E-state index in [0.717, 1.165) is 27.3 Å². The lowest BCUT2D eigenvalue weighted by molar-refractivity contribution is -0.113. The number of hydrogen-bond donors (Lipinski definition) is 1. The maximum atomic E-state index is 12.5. The smallest absolute Gasteiger partial charge is 0.236 e. The number of ether oxygens (including phenoxy) is 1. The third-order valence-electron chi connectivity index (χ3n) is 4.70. The predicted octanol–water partition coefficient (Wildman–Crippen LogP) is 6.05. The molecule has 1 N–H and O–H groups in total. The molecule has 0 bridgehead atoms. The molecule has 2 heterocycles. The van der Waals surface area contributed by atoms with E-state index in [2.05, 4.69) is 36.4 Å². The number of para-hydroxylation sites is 1. The molecular weight excluding hydrogens is 522 g/mol. The Hall–Kier alpha value is -2.69. The second-order valence-electron chi connectivity index (χ2n) is 7.04. The lowest BCUT2D eigenvalue weighted by Crippen LogP contribution is -2.15. The zero-order valence-electron chi connectivity index (χ0n) is 18.1. The van der Waals surface area contributed by atoms with Gasteiger partial charge in [0.15, 0.2) is 22.2 Å². The van der Waals surface area contributed by atoms with Crippen molar-refractivity contribution in [2.24, 2.45) is 0 Å². The highest BCUT2D eigenvalue weighted by Crippen LogP contribution is 2.27. The SMILES string of the molecule is CCn1c(SCC(=O)Nc2nc(-c3ccc(Br)cc3)cs2)nnc1[C@@H](C)Oc1ccccc1. The summed E-state index contributed by atoms with van der Waals surface area (Å²) in [5.41, 5.74) is 1.83. The van der Waals surface area contributed by atoms with Gasteiger partial charge in [-0.25, -0.2) is 4.98 Å². The van der Waals surface area contributed by atoms with Crippen molar-refractivity contribution in [3.05, 3.63) is 70.3 Å². The van der Waals surface area contributed by atoms with E-state index in [1.165, 1.54) is 23.1 Å². The number of anilines is 1. The van der Waals surface area contributed by atoms with Crippen molar-refractivity contribution >= 4 is 50.1 Å². The summed E-state index contributed by atoms with van der Waals surface area (Å²) in [7, 11) is 0. The van der Waals surface area contributed by atoms with E-state index in [1.807, 2.05) is 78.4 Å². The maximum absolute atomic E-state index is 12.5. The van der Waals surface area contributed by atoms with Crippen molar-refractivity contribution in [1.82, 2.24) is 19.7 Å². The minimum atomic E-state index is -0.268. The van der Waals surface area contributed by atoms with Crippen LogP contribution in [0.15, 0.2) is 69.6 Å². The number of aromatic nitrogens is 4. The Balaban J connectivity index is 1.35. The molecule has 33 heavy (non-hydrogen) atoms. The van der Waals surface area contributed by atoms with Crippen LogP contribution in [0.4, 0.5) is 5.13 Å². The number of benzene rings is 2. The van der Waals surface area contributed by atoms with Crippen molar-refractivity contribution in [3.8, 4) is 17.0 Å². The van der Waals surface area contributed by atoms with E-state index in [1.54, 1.807) is 0 Å². The Bertz CT molecular complexity index is 1210. The number of thiazole rings is 1. The van der Waals surface area contributed by atoms with Crippen LogP contribution >= 0.6 is 39.0 Å². The molecule has 0 spiro atoms. The van der Waals surface area contributed by atoms with E-state index in [9.17, 15) is 4.79 Å². The monoisotopic (exact) mass is 543 g/mol. The number of carbonyl (C=O) groups excluding carboxylic acids is 1. The molecule has 4 aromatic rings. The fourth-order valence-electron chi connectivity index (χ4n) is 3.13. The fourth-order valence-corrected chi connectivity index (χ4v) is 4.94. The van der Waals surface area contributed by atoms with Gasteiger partial charge in [-0.3, -0.25) is 4.79 Å². The first-order valence-corrected chi connectivity index (χ1v) is 13.0. The second-order valence-corrected chi connectivity index (χ2v) is 9.76. The van der Waals surface area contributed by atoms with Gasteiger partial charge < -0.3 is 14.6 Å². The highest BCUT2D eigenvalue weighted by Gasteiger charge is 2.19. The Kier molecular flexibility index (Phi) is 7.79. The summed E-state index contributed by atoms with van der Waals surface area (Å²) in [6.45, 7) is 4.64. The van der Waals surface area contributed by atoms with Crippen LogP contribution in [-0.4, -0.2) is 31.4 Å². The number of amides is 1. The van der Waals surface area contributed by atoms with Crippen molar-refractivity contribution < 1.29 is 9.53 Å². The van der Waals surface area contributed by atoms with Crippen LogP contribution in [0.3, 0.4) is 0 Å². The fraction of sp³-hybridized carbons (Fsp3) is 0.217. The van der Waals surface area contributed by atoms with Crippen molar-refractivity contribution in [2.75, 3.05) is 11.1 Å². The van der Waals surface area contributed by atoms with E-state index in [4.69, 9.17) is 4.74 Å². The van der Waals surface area contributed by atoms with Crippen LogP contribution in [0.5, 0.6) is 5.75 Å². The molecule has 0 saturated heterocycles. The number of rotatable bonds is 9. The Morgan fingerprint density at radius 3 is 2.67 bits per heavy atom. The number of nitrogens with one attached hydrogen (secondary N) is 1. The van der Waals surface area contributed by atoms with Crippen molar-refractivity contribution in [3.63, 3.8) is 0 Å². The lowest BCUT2D eigenvalue weighted by Gasteiger charge is -2.15. The molecule has 10 heteroatoms. The van der Waals surface area contributed by atoms with Gasteiger partial charge in [-0.2, -0.15) is 0 Å². The molecule has 2 aromatic heterocycles. The van der Waals surface area contributed by atoms with E-state index < -0.39 is 0 Å². The zero-order chi connectivity index (χ0) is 23.2. The number of nitrogens with zero attached hydrogens (tertiary/aromatic N) is 4. The topological polar surface area (TPSA) is 81.9 Å². The number of thioether (sulfide) groups is 1. The first-order chi connectivity index (χ1) is 16.0. The lowest BCUT2D eigenvalue weighted by atomic mass is 10.2. The molecule has 0 unspecified atom stereocenters. The van der Waals surface area contributed by atoms with Crippen LogP contribution < -0.4 is 10.1 Å². The van der Waals surface area contributed by atoms with Crippen LogP contribution in [-0.2, 0) is 11.3 Å². The van der Waals surface area contributed by atoms with Crippen molar-refractivity contribution in [1.29, 1.82) is 0 Å². The summed E-state index contributed by atoms with van der Waals surface area (Å²) in [5.74, 6) is 1.57. The largest absolute Gasteiger partial charge is 0.483 e. The molecule has 0 aliphatic carbocycles. The van der Waals surface area contributed by atoms with E-state index in [0.29, 0.717) is 16.8 Å². The minimum Gasteiger partial charge on any atom is -0.483 e. The highest BCUT2D eigenvalue weighted by atomic mass is 79.9. The summed E-state index contributed by atoms with van der Waals surface area (Å²) in [4.78, 5) is 17.0. The second kappa shape index (κ2) is 11.0. The first kappa shape index (κ1) is 23.5. The standard InChI is InChI=1S/C23H22BrN5O2S2/c1-3-29-21(15(2)31-18-7-5-4-6-8-18)27-28-23(29)33-14-20(30)26-22-25-19(13-32-22)16-9-11-17(24)12-10-16/h4-13,15H,3,14H2,1-2H3,(H,25,26,30)/t15-/m1/s1. The molecule has 2 aromatic carbocycles. The van der Waals surface area contributed by atoms with Gasteiger partial charge in [0.1, 0.15) is 5.75 Å². The molecule has 170 valence electrons. The summed E-state index contributed by atoms with van der Waals surface area (Å²) >= 11 is 6.17. The Morgan fingerprint density at radius 1 is 1.18 bits per heavy atom. The number of carbonyl (C=O) groups is 1. The quantitative estimate of drug-likeness (QED) is 0.258. The average molecular weight is 545 g/mol. The van der Waals surface area contributed by atoms with Gasteiger partial charge in [0.05, 0.1) is 11.4 Å². The average Bonchev–Trinajstić information content (AvgIpc) is 3.45. The van der Waals surface area contributed by atoms with Crippen LogP contribution in [0.1, 0.15) is 25.8 Å². The Labute approximate surface area is 208 Å². The molecule has 0 fully saturated rings. The normalized spacial score (nSPS) is 11.8. The summed E-state index contributed by atoms with van der Waals surface area (Å²) in [6, 6.07) is 17.5. The molecule has 0 aliphatic rings. The molecule has 1 amide bonds. The Morgan fingerprint density at radius 2 is 1.94 bits per heavy atom. The molecule has 1 atom stereocenters. The van der Waals surface area contributed by atoms with E-state index in [-0.39, 0.29) is 17.8 Å². The third-order valence-corrected chi connectivity index (χ3v) is 6.96. The van der Waals surface area contributed by atoms with Gasteiger partial charge in [0, 0.05) is 22.0 Å². The van der Waals surface area contributed by atoms with Gasteiger partial charge in [-0.1, -0.05) is 58.0 Å². The number of hydrogen-bond acceptors (Lipinski definition) is 7. The summed E-state index contributed by atoms with van der Waals surface area (Å²) in [5, 5.41) is 14.6. The third kappa shape index (κ3) is 6.01.